The number of alkyl halides is 3. The quantitative estimate of drug-likeness (QED) is 0.586. The molecule has 7 nitrogen and oxygen atoms in total. The first-order chi connectivity index (χ1) is 13.3. The summed E-state index contributed by atoms with van der Waals surface area (Å²) in [5.41, 5.74) is -0.403. The zero-order valence-corrected chi connectivity index (χ0v) is 14.5. The van der Waals surface area contributed by atoms with E-state index in [9.17, 15) is 18.0 Å². The van der Waals surface area contributed by atoms with Crippen LogP contribution in [-0.2, 0) is 13.2 Å². The second-order valence-corrected chi connectivity index (χ2v) is 6.00. The molecule has 0 aliphatic heterocycles. The molecule has 0 bridgehead atoms. The summed E-state index contributed by atoms with van der Waals surface area (Å²) in [6, 6.07) is 9.69. The van der Waals surface area contributed by atoms with Crippen LogP contribution < -0.4 is 5.32 Å². The number of carbonyl (C=O) groups excluding carboxylic acids is 1. The van der Waals surface area contributed by atoms with Gasteiger partial charge in [-0.1, -0.05) is 18.2 Å². The van der Waals surface area contributed by atoms with Crippen LogP contribution in [0.2, 0.25) is 0 Å². The van der Waals surface area contributed by atoms with Crippen molar-refractivity contribution in [2.24, 2.45) is 7.05 Å². The topological polar surface area (TPSA) is 77.1 Å². The number of benzene rings is 1. The van der Waals surface area contributed by atoms with Gasteiger partial charge in [-0.25, -0.2) is 9.50 Å². The highest BCUT2D eigenvalue weighted by atomic mass is 19.4. The Morgan fingerprint density at radius 1 is 1.07 bits per heavy atom. The minimum Gasteiger partial charge on any atom is -0.304 e. The Bertz CT molecular complexity index is 1180. The van der Waals surface area contributed by atoms with Crippen molar-refractivity contribution >= 4 is 17.4 Å². The van der Waals surface area contributed by atoms with E-state index in [4.69, 9.17) is 0 Å². The normalized spacial score (nSPS) is 11.7. The average molecular weight is 386 g/mol. The fourth-order valence-electron chi connectivity index (χ4n) is 2.79. The van der Waals surface area contributed by atoms with E-state index < -0.39 is 17.6 Å². The van der Waals surface area contributed by atoms with Crippen molar-refractivity contribution in [2.45, 2.75) is 6.18 Å². The third-order valence-corrected chi connectivity index (χ3v) is 4.06. The van der Waals surface area contributed by atoms with Gasteiger partial charge < -0.3 is 5.32 Å². The van der Waals surface area contributed by atoms with Crippen molar-refractivity contribution in [1.82, 2.24) is 24.4 Å². The van der Waals surface area contributed by atoms with E-state index >= 15 is 0 Å². The highest BCUT2D eigenvalue weighted by molar-refractivity contribution is 6.02. The van der Waals surface area contributed by atoms with Gasteiger partial charge in [-0.05, 0) is 18.2 Å². The summed E-state index contributed by atoms with van der Waals surface area (Å²) in [6.45, 7) is 0. The number of nitrogens with one attached hydrogen (secondary N) is 1. The predicted octanol–water partition coefficient (Wildman–Crippen LogP) is 3.40. The molecule has 0 radical (unpaired) electrons. The number of rotatable bonds is 3. The maximum Gasteiger partial charge on any atom is 0.417 e. The van der Waals surface area contributed by atoms with Crippen LogP contribution in [0, 0.1) is 0 Å². The Labute approximate surface area is 156 Å². The maximum absolute atomic E-state index is 13.3. The molecule has 3 aromatic heterocycles. The SMILES string of the molecule is Cn1ccc(NC(=O)c2cnc3ccc(-c4ccccc4C(F)(F)F)nn23)n1. The number of amides is 1. The van der Waals surface area contributed by atoms with Crippen LogP contribution in [0.5, 0.6) is 0 Å². The van der Waals surface area contributed by atoms with Crippen LogP contribution in [-0.4, -0.2) is 30.3 Å². The summed E-state index contributed by atoms with van der Waals surface area (Å²) in [7, 11) is 1.70. The number of anilines is 1. The summed E-state index contributed by atoms with van der Waals surface area (Å²) in [4.78, 5) is 16.6. The van der Waals surface area contributed by atoms with Crippen molar-refractivity contribution in [2.75, 3.05) is 5.32 Å². The second kappa shape index (κ2) is 6.48. The van der Waals surface area contributed by atoms with Gasteiger partial charge in [0.05, 0.1) is 17.5 Å². The first-order valence-electron chi connectivity index (χ1n) is 8.15. The molecule has 4 rings (SSSR count). The molecule has 0 saturated carbocycles. The Hall–Kier alpha value is -3.69. The predicted molar refractivity (Wildman–Crippen MR) is 94.6 cm³/mol. The third-order valence-electron chi connectivity index (χ3n) is 4.06. The van der Waals surface area contributed by atoms with E-state index in [1.165, 1.54) is 45.7 Å². The molecule has 10 heteroatoms. The molecule has 0 spiro atoms. The van der Waals surface area contributed by atoms with Crippen LogP contribution in [0.15, 0.2) is 54.9 Å². The molecule has 1 aromatic carbocycles. The molecule has 0 atom stereocenters. The number of nitrogens with zero attached hydrogens (tertiary/aromatic N) is 5. The standard InChI is InChI=1S/C18H13F3N6O/c1-26-9-8-15(25-26)23-17(28)14-10-22-16-7-6-13(24-27(14)16)11-4-2-3-5-12(11)18(19,20)21/h2-10H,1H3,(H,23,25,28). The average Bonchev–Trinajstić information content (AvgIpc) is 3.26. The zero-order valence-electron chi connectivity index (χ0n) is 14.5. The fraction of sp³-hybridized carbons (Fsp3) is 0.111. The maximum atomic E-state index is 13.3. The highest BCUT2D eigenvalue weighted by Gasteiger charge is 2.33. The first-order valence-corrected chi connectivity index (χ1v) is 8.15. The van der Waals surface area contributed by atoms with Gasteiger partial charge in [0.2, 0.25) is 0 Å². The Balaban J connectivity index is 1.76. The lowest BCUT2D eigenvalue weighted by molar-refractivity contribution is -0.137. The Morgan fingerprint density at radius 2 is 1.86 bits per heavy atom. The molecular weight excluding hydrogens is 373 g/mol. The summed E-state index contributed by atoms with van der Waals surface area (Å²) in [5.74, 6) is -0.194. The molecule has 142 valence electrons. The van der Waals surface area contributed by atoms with Crippen molar-refractivity contribution in [1.29, 1.82) is 0 Å². The molecule has 0 saturated heterocycles. The van der Waals surface area contributed by atoms with Crippen LogP contribution in [0.4, 0.5) is 19.0 Å². The largest absolute Gasteiger partial charge is 0.417 e. The molecular formula is C18H13F3N6O. The van der Waals surface area contributed by atoms with Gasteiger partial charge >= 0.3 is 6.18 Å². The zero-order chi connectivity index (χ0) is 19.9. The molecule has 4 aromatic rings. The number of fused-ring (bicyclic) bond motifs is 1. The third kappa shape index (κ3) is 3.20. The van der Waals surface area contributed by atoms with Crippen molar-refractivity contribution in [3.05, 3.63) is 66.1 Å². The molecule has 0 unspecified atom stereocenters. The van der Waals surface area contributed by atoms with E-state index in [1.807, 2.05) is 0 Å². The van der Waals surface area contributed by atoms with E-state index in [0.717, 1.165) is 6.07 Å². The van der Waals surface area contributed by atoms with E-state index in [2.05, 4.69) is 20.5 Å². The van der Waals surface area contributed by atoms with Crippen molar-refractivity contribution < 1.29 is 18.0 Å². The lowest BCUT2D eigenvalue weighted by Crippen LogP contribution is -2.16. The second-order valence-electron chi connectivity index (χ2n) is 6.00. The number of aromatic nitrogens is 5. The first kappa shape index (κ1) is 17.7. The molecule has 3 heterocycles. The number of aryl methyl sites for hydroxylation is 1. The molecule has 0 fully saturated rings. The lowest BCUT2D eigenvalue weighted by Gasteiger charge is -2.12. The molecule has 28 heavy (non-hydrogen) atoms. The van der Waals surface area contributed by atoms with E-state index in [0.29, 0.717) is 11.5 Å². The molecule has 1 amide bonds. The number of carbonyl (C=O) groups is 1. The number of hydrogen-bond acceptors (Lipinski definition) is 4. The molecule has 1 N–H and O–H groups in total. The van der Waals surface area contributed by atoms with Gasteiger partial charge in [0.15, 0.2) is 17.2 Å². The monoisotopic (exact) mass is 386 g/mol. The van der Waals surface area contributed by atoms with Gasteiger partial charge in [-0.15, -0.1) is 0 Å². The van der Waals surface area contributed by atoms with Crippen LogP contribution in [0.3, 0.4) is 0 Å². The lowest BCUT2D eigenvalue weighted by atomic mass is 10.0. The van der Waals surface area contributed by atoms with Crippen LogP contribution >= 0.6 is 0 Å². The smallest absolute Gasteiger partial charge is 0.304 e. The number of hydrogen-bond donors (Lipinski definition) is 1. The highest BCUT2D eigenvalue weighted by Crippen LogP contribution is 2.36. The van der Waals surface area contributed by atoms with Gasteiger partial charge in [0.25, 0.3) is 5.91 Å². The summed E-state index contributed by atoms with van der Waals surface area (Å²) >= 11 is 0. The minimum atomic E-state index is -4.53. The van der Waals surface area contributed by atoms with Crippen LogP contribution in [0.1, 0.15) is 16.1 Å². The van der Waals surface area contributed by atoms with Crippen LogP contribution in [0.25, 0.3) is 16.9 Å². The molecule has 0 aliphatic carbocycles. The minimum absolute atomic E-state index is 0.0744. The summed E-state index contributed by atoms with van der Waals surface area (Å²) < 4.78 is 42.7. The molecule has 0 aliphatic rings. The summed E-state index contributed by atoms with van der Waals surface area (Å²) in [6.07, 6.45) is -1.56. The van der Waals surface area contributed by atoms with Crippen molar-refractivity contribution in [3.8, 4) is 11.3 Å². The number of imidazole rings is 1. The van der Waals surface area contributed by atoms with E-state index in [1.54, 1.807) is 19.3 Å². The summed E-state index contributed by atoms with van der Waals surface area (Å²) in [5, 5.41) is 10.9. The van der Waals surface area contributed by atoms with Gasteiger partial charge in [-0.3, -0.25) is 9.48 Å². The Kier molecular flexibility index (Phi) is 4.10. The fourth-order valence-corrected chi connectivity index (χ4v) is 2.79. The Morgan fingerprint density at radius 3 is 2.57 bits per heavy atom. The van der Waals surface area contributed by atoms with E-state index in [-0.39, 0.29) is 17.0 Å². The van der Waals surface area contributed by atoms with Gasteiger partial charge in [-0.2, -0.15) is 23.4 Å². The van der Waals surface area contributed by atoms with Gasteiger partial charge in [0, 0.05) is 24.9 Å². The number of halogens is 3. The van der Waals surface area contributed by atoms with Crippen molar-refractivity contribution in [3.63, 3.8) is 0 Å². The van der Waals surface area contributed by atoms with Gasteiger partial charge in [0.1, 0.15) is 0 Å².